The van der Waals surface area contributed by atoms with Gasteiger partial charge in [0, 0.05) is 12.8 Å². The van der Waals surface area contributed by atoms with Gasteiger partial charge in [0.15, 0.2) is 0 Å². The van der Waals surface area contributed by atoms with Crippen molar-refractivity contribution in [2.24, 2.45) is 0 Å². The molecule has 0 aliphatic rings. The third kappa shape index (κ3) is 10.4. The second-order valence-electron chi connectivity index (χ2n) is 5.96. The van der Waals surface area contributed by atoms with E-state index in [1.807, 2.05) is 0 Å². The van der Waals surface area contributed by atoms with Crippen molar-refractivity contribution in [2.45, 2.75) is 35.9 Å². The van der Waals surface area contributed by atoms with Gasteiger partial charge in [-0.15, -0.1) is 0 Å². The highest BCUT2D eigenvalue weighted by Gasteiger charge is 2.48. The Morgan fingerprint density at radius 3 is 1.06 bits per heavy atom. The molecule has 0 saturated heterocycles. The van der Waals surface area contributed by atoms with Gasteiger partial charge in [-0.25, -0.2) is 0 Å². The SMILES string of the molecule is O=C(CCCCC(=O)OS(=O)(=O)C(O)(O)CS(=O)(=O)O)OS(=O)(=O)C(O)(O)CS(=O)(=O)O. The molecular formula is C10H18O18S4. The highest BCUT2D eigenvalue weighted by molar-refractivity contribution is 7.91. The molecule has 18 nitrogen and oxygen atoms in total. The topological polar surface area (TPSA) is 311 Å². The third-order valence-electron chi connectivity index (χ3n) is 2.96. The molecule has 32 heavy (non-hydrogen) atoms. The maximum atomic E-state index is 11.5. The molecule has 0 rings (SSSR count). The largest absolute Gasteiger partial charge is 0.369 e. The Morgan fingerprint density at radius 2 is 0.844 bits per heavy atom. The molecule has 0 saturated carbocycles. The zero-order valence-corrected chi connectivity index (χ0v) is 18.7. The fourth-order valence-electron chi connectivity index (χ4n) is 1.62. The van der Waals surface area contributed by atoms with Gasteiger partial charge in [-0.1, -0.05) is 0 Å². The van der Waals surface area contributed by atoms with Crippen LogP contribution in [-0.4, -0.2) is 96.9 Å². The molecule has 0 aromatic rings. The Balaban J connectivity index is 4.74. The van der Waals surface area contributed by atoms with Crippen molar-refractivity contribution in [1.82, 2.24) is 0 Å². The molecule has 0 spiro atoms. The first-order valence-corrected chi connectivity index (χ1v) is 13.7. The van der Waals surface area contributed by atoms with Crippen molar-refractivity contribution in [2.75, 3.05) is 11.5 Å². The second-order valence-corrected chi connectivity index (χ2v) is 12.3. The number of carbonyl (C=O) groups is 2. The van der Waals surface area contributed by atoms with E-state index in [0.717, 1.165) is 0 Å². The van der Waals surface area contributed by atoms with E-state index in [0.29, 0.717) is 0 Å². The lowest BCUT2D eigenvalue weighted by molar-refractivity contribution is -0.138. The Bertz CT molecular complexity index is 1030. The normalized spacial score (nSPS) is 14.1. The fraction of sp³-hybridized carbons (Fsp3) is 0.800. The van der Waals surface area contributed by atoms with Gasteiger partial charge in [-0.05, 0) is 12.8 Å². The van der Waals surface area contributed by atoms with E-state index < -0.39 is 99.8 Å². The van der Waals surface area contributed by atoms with Crippen molar-refractivity contribution in [3.8, 4) is 0 Å². The van der Waals surface area contributed by atoms with Crippen LogP contribution in [0.15, 0.2) is 0 Å². The summed E-state index contributed by atoms with van der Waals surface area (Å²) in [6.07, 6.45) is -2.57. The Labute approximate surface area is 181 Å². The minimum absolute atomic E-state index is 0.430. The lowest BCUT2D eigenvalue weighted by Crippen LogP contribution is -2.46. The van der Waals surface area contributed by atoms with Gasteiger partial charge in [0.05, 0.1) is 0 Å². The van der Waals surface area contributed by atoms with Crippen LogP contribution >= 0.6 is 0 Å². The molecule has 0 fully saturated rings. The van der Waals surface area contributed by atoms with Gasteiger partial charge in [0.2, 0.25) is 0 Å². The third-order valence-corrected chi connectivity index (χ3v) is 7.56. The minimum Gasteiger partial charge on any atom is -0.350 e. The van der Waals surface area contributed by atoms with Crippen LogP contribution in [0.4, 0.5) is 0 Å². The van der Waals surface area contributed by atoms with Crippen LogP contribution in [0.5, 0.6) is 0 Å². The average Bonchev–Trinajstić information content (AvgIpc) is 2.45. The molecule has 0 radical (unpaired) electrons. The maximum Gasteiger partial charge on any atom is 0.369 e. The molecule has 0 aromatic heterocycles. The van der Waals surface area contributed by atoms with E-state index in [9.17, 15) is 43.3 Å². The van der Waals surface area contributed by atoms with Crippen molar-refractivity contribution in [3.05, 3.63) is 0 Å². The van der Waals surface area contributed by atoms with Crippen molar-refractivity contribution < 1.29 is 81.2 Å². The highest BCUT2D eigenvalue weighted by Crippen LogP contribution is 2.18. The zero-order valence-electron chi connectivity index (χ0n) is 15.5. The summed E-state index contributed by atoms with van der Waals surface area (Å²) in [5, 5.41) is 28.3. The molecule has 22 heteroatoms. The van der Waals surface area contributed by atoms with E-state index in [4.69, 9.17) is 29.5 Å². The molecule has 0 bridgehead atoms. The molecule has 0 unspecified atom stereocenters. The highest BCUT2D eigenvalue weighted by atomic mass is 32.2. The summed E-state index contributed by atoms with van der Waals surface area (Å²) in [7, 11) is -21.8. The first-order valence-electron chi connectivity index (χ1n) is 7.64. The summed E-state index contributed by atoms with van der Waals surface area (Å²) >= 11 is 0. The molecule has 0 atom stereocenters. The van der Waals surface area contributed by atoms with Crippen molar-refractivity contribution in [1.29, 1.82) is 0 Å². The maximum absolute atomic E-state index is 11.5. The van der Waals surface area contributed by atoms with Crippen LogP contribution in [0.2, 0.25) is 0 Å². The predicted octanol–water partition coefficient (Wildman–Crippen LogP) is -4.65. The summed E-state index contributed by atoms with van der Waals surface area (Å²) in [6.45, 7) is 0. The number of aliphatic hydroxyl groups is 4. The van der Waals surface area contributed by atoms with Crippen molar-refractivity contribution in [3.63, 3.8) is 0 Å². The van der Waals surface area contributed by atoms with Crippen molar-refractivity contribution >= 4 is 52.4 Å². The van der Waals surface area contributed by atoms with Gasteiger partial charge in [0.1, 0.15) is 11.5 Å². The summed E-state index contributed by atoms with van der Waals surface area (Å²) in [6, 6.07) is 0. The van der Waals surface area contributed by atoms with Crippen LogP contribution in [0.1, 0.15) is 25.7 Å². The average molecular weight is 555 g/mol. The van der Waals surface area contributed by atoms with Crippen LogP contribution in [0, 0.1) is 0 Å². The summed E-state index contributed by atoms with van der Waals surface area (Å²) in [5.41, 5.74) is 0. The standard InChI is InChI=1S/C10H18O18S4/c11-7(27-31(23,24)9(13,14)5-29(17,18)19)3-1-2-4-8(12)28-32(25,26)10(15,16)6-30(20,21)22/h13-16H,1-6H2,(H,17,18,19)(H,20,21,22). The molecule has 0 aromatic carbocycles. The molecule has 0 heterocycles. The van der Waals surface area contributed by atoms with Gasteiger partial charge in [-0.2, -0.15) is 33.7 Å². The quantitative estimate of drug-likeness (QED) is 0.0539. The van der Waals surface area contributed by atoms with Gasteiger partial charge >= 0.3 is 42.4 Å². The molecule has 6 N–H and O–H groups in total. The monoisotopic (exact) mass is 554 g/mol. The van der Waals surface area contributed by atoms with Crippen LogP contribution in [0.3, 0.4) is 0 Å². The van der Waals surface area contributed by atoms with E-state index in [1.54, 1.807) is 0 Å². The molecule has 0 aliphatic carbocycles. The first-order chi connectivity index (χ1) is 13.9. The van der Waals surface area contributed by atoms with Gasteiger partial charge in [-0.3, -0.25) is 18.7 Å². The van der Waals surface area contributed by atoms with Gasteiger partial charge < -0.3 is 28.8 Å². The molecule has 190 valence electrons. The van der Waals surface area contributed by atoms with Crippen LogP contribution in [0.25, 0.3) is 0 Å². The van der Waals surface area contributed by atoms with Gasteiger partial charge in [0.25, 0.3) is 20.2 Å². The lowest BCUT2D eigenvalue weighted by Gasteiger charge is -2.19. The molecular weight excluding hydrogens is 536 g/mol. The number of unbranched alkanes of at least 4 members (excludes halogenated alkanes) is 1. The molecule has 0 amide bonds. The Morgan fingerprint density at radius 1 is 0.594 bits per heavy atom. The first kappa shape index (κ1) is 30.5. The predicted molar refractivity (Wildman–Crippen MR) is 95.7 cm³/mol. The Hall–Kier alpha value is -1.50. The van der Waals surface area contributed by atoms with E-state index >= 15 is 0 Å². The van der Waals surface area contributed by atoms with E-state index in [-0.39, 0.29) is 0 Å². The summed E-state index contributed by atoms with van der Waals surface area (Å²) in [4.78, 5) is 22.8. The zero-order chi connectivity index (χ0) is 25.8. The smallest absolute Gasteiger partial charge is 0.350 e. The van der Waals surface area contributed by atoms with E-state index in [1.165, 1.54) is 0 Å². The van der Waals surface area contributed by atoms with Crippen LogP contribution in [-0.2, 0) is 58.4 Å². The minimum atomic E-state index is -5.67. The number of hydrogen-bond donors (Lipinski definition) is 6. The van der Waals surface area contributed by atoms with Crippen LogP contribution < -0.4 is 0 Å². The number of carbonyl (C=O) groups excluding carboxylic acids is 2. The summed E-state index contributed by atoms with van der Waals surface area (Å²) in [5.74, 6) is -7.64. The lowest BCUT2D eigenvalue weighted by atomic mass is 10.2. The number of rotatable bonds is 13. The second kappa shape index (κ2) is 10.2. The molecule has 0 aliphatic heterocycles. The number of hydrogen-bond acceptors (Lipinski definition) is 16. The Kier molecular flexibility index (Phi) is 9.71. The fourth-order valence-corrected chi connectivity index (χ4v) is 5.54. The summed E-state index contributed by atoms with van der Waals surface area (Å²) < 4.78 is 112. The van der Waals surface area contributed by atoms with E-state index in [2.05, 4.69) is 8.37 Å².